The average Bonchev–Trinajstić information content (AvgIpc) is 3.08. The van der Waals surface area contributed by atoms with Crippen molar-refractivity contribution in [3.8, 4) is 17.2 Å². The van der Waals surface area contributed by atoms with Gasteiger partial charge in [0.1, 0.15) is 25.1 Å². The predicted octanol–water partition coefficient (Wildman–Crippen LogP) is -10.9. The first-order valence-electron chi connectivity index (χ1n) is 15.3. The van der Waals surface area contributed by atoms with E-state index in [2.05, 4.69) is 29.6 Å². The Morgan fingerprint density at radius 2 is 1.20 bits per heavy atom. The molecule has 0 saturated heterocycles. The number of aliphatic imine (C=N–C) groups is 1. The molecule has 5 aromatic carbocycles. The molecule has 0 aromatic heterocycles. The van der Waals surface area contributed by atoms with E-state index in [1.807, 2.05) is 0 Å². The van der Waals surface area contributed by atoms with Crippen LogP contribution in [0.15, 0.2) is 106 Å². The summed E-state index contributed by atoms with van der Waals surface area (Å²) in [5.41, 5.74) is -4.10. The van der Waals surface area contributed by atoms with Crippen molar-refractivity contribution in [2.75, 3.05) is 12.4 Å². The van der Waals surface area contributed by atoms with Gasteiger partial charge in [0.15, 0.2) is 9.84 Å². The van der Waals surface area contributed by atoms with Crippen LogP contribution >= 0.6 is 0 Å². The Morgan fingerprint density at radius 3 is 1.75 bits per heavy atom. The van der Waals surface area contributed by atoms with E-state index in [9.17, 15) is 76.2 Å². The number of hydrogen-bond acceptors (Lipinski definition) is 22. The topological polar surface area (TPSA) is 421 Å². The molecule has 0 saturated carbocycles. The first-order chi connectivity index (χ1) is 27.1. The minimum Gasteiger partial charge on any atom is -0.871 e. The maximum Gasteiger partial charge on any atom is 2.00 e. The Bertz CT molecular complexity index is 3290. The molecule has 0 aliphatic carbocycles. The first-order valence-corrected chi connectivity index (χ1v) is 22.5. The Hall–Kier alpha value is -1.24. The van der Waals surface area contributed by atoms with Crippen LogP contribution < -0.4 is 139 Å². The van der Waals surface area contributed by atoms with Crippen molar-refractivity contribution in [1.29, 1.82) is 0 Å². The van der Waals surface area contributed by atoms with Crippen LogP contribution in [-0.4, -0.2) is 78.6 Å². The van der Waals surface area contributed by atoms with Crippen molar-refractivity contribution in [1.82, 2.24) is 0 Å². The predicted molar refractivity (Wildman–Crippen MR) is 189 cm³/mol. The number of benzene rings is 5. The van der Waals surface area contributed by atoms with E-state index in [4.69, 9.17) is 4.55 Å². The minimum absolute atomic E-state index is 0. The van der Waals surface area contributed by atoms with Crippen molar-refractivity contribution >= 4 is 106 Å². The Labute approximate surface area is 462 Å². The number of fused-ring (bicyclic) bond motifs is 2. The quantitative estimate of drug-likeness (QED) is 0.0363. The van der Waals surface area contributed by atoms with Gasteiger partial charge in [-0.3, -0.25) is 14.1 Å². The summed E-state index contributed by atoms with van der Waals surface area (Å²) in [6.07, 6.45) is 0. The number of hydrogen-bond donors (Lipinski definition) is 2. The fraction of sp³-hybridized carbons (Fsp3) is 0.100. The van der Waals surface area contributed by atoms with Crippen molar-refractivity contribution in [2.24, 2.45) is 25.4 Å². The first kappa shape index (κ1) is 62.8. The Morgan fingerprint density at radius 1 is 0.641 bits per heavy atom. The van der Waals surface area contributed by atoms with Crippen LogP contribution in [0.25, 0.3) is 21.5 Å². The van der Waals surface area contributed by atoms with Crippen LogP contribution in [0.5, 0.6) is 17.2 Å². The summed E-state index contributed by atoms with van der Waals surface area (Å²) >= 11 is 0. The molecule has 0 spiro atoms. The molecule has 0 atom stereocenters. The second-order valence-corrected chi connectivity index (χ2v) is 19.0. The van der Waals surface area contributed by atoms with Gasteiger partial charge in [-0.25, -0.2) is 29.4 Å². The molecular weight excluding hydrogens is 1050 g/mol. The molecule has 2 N–H and O–H groups in total. The van der Waals surface area contributed by atoms with Crippen molar-refractivity contribution in [2.45, 2.75) is 26.5 Å². The molecule has 5 rings (SSSR count). The van der Waals surface area contributed by atoms with E-state index in [-0.39, 0.29) is 152 Å². The van der Waals surface area contributed by atoms with E-state index < -0.39 is 139 Å². The molecule has 0 amide bonds. The van der Waals surface area contributed by atoms with Gasteiger partial charge < -0.3 is 29.5 Å². The zero-order chi connectivity index (χ0) is 44.0. The minimum atomic E-state index is -5.60. The molecule has 0 heterocycles. The van der Waals surface area contributed by atoms with Gasteiger partial charge in [-0.05, 0) is 77.5 Å². The molecule has 1 radical (unpaired) electrons. The van der Waals surface area contributed by atoms with Gasteiger partial charge in [0, 0.05) is 5.39 Å². The normalized spacial score (nSPS) is 12.5. The zero-order valence-corrected chi connectivity index (χ0v) is 46.1. The summed E-state index contributed by atoms with van der Waals surface area (Å²) in [6.45, 7) is -0.128. The number of nitrogens with zero attached hydrogens (tertiary/aromatic N) is 5. The van der Waals surface area contributed by atoms with Gasteiger partial charge in [-0.2, -0.15) is 27.1 Å². The molecule has 24 nitrogen and oxygen atoms in total. The molecule has 34 heteroatoms. The fourth-order valence-corrected chi connectivity index (χ4v) is 8.46. The third-order valence-electron chi connectivity index (χ3n) is 7.61. The van der Waals surface area contributed by atoms with Crippen LogP contribution in [0.2, 0.25) is 0 Å². The van der Waals surface area contributed by atoms with Crippen molar-refractivity contribution in [3.05, 3.63) is 60.7 Å². The molecule has 0 unspecified atom stereocenters. The maximum atomic E-state index is 13.6. The maximum absolute atomic E-state index is 13.6. The summed E-state index contributed by atoms with van der Waals surface area (Å²) in [5, 5.41) is 63.5. The largest absolute Gasteiger partial charge is 2.00 e. The summed E-state index contributed by atoms with van der Waals surface area (Å²) in [6, 6.07) is 7.35. The van der Waals surface area contributed by atoms with Gasteiger partial charge in [-0.15, -0.1) is 10.2 Å². The van der Waals surface area contributed by atoms with Crippen LogP contribution in [0.3, 0.4) is 0 Å². The number of sulfone groups is 1. The van der Waals surface area contributed by atoms with E-state index in [1.165, 1.54) is 0 Å². The average molecular weight is 1070 g/mol. The molecule has 0 bridgehead atoms. The standard InChI is InChI=1S/C30H25N5O19S5.Cu.4Na/c1-14(36)31-22-13-19(56(42,43)44)9-16-11-25(58(48,49)50)28(30(39)26(16)22)34-32-17-2-4-20-15(8-17)10-24(57(45,46)47)27(29(20)38)35-33-21-12-18(3-5-23(21)37)55(40,41)7-6-54-59(51,52)53;;;;;/h2-5,8-13,37-39H,6-7H2,1H3,(H,31,36)(H,42,43,44)(H,45,46,47)(H,48,49,50)(H,51,52,53);;;;;/q;+2;4*+1/p-6. The van der Waals surface area contributed by atoms with E-state index >= 15 is 0 Å². The van der Waals surface area contributed by atoms with Crippen molar-refractivity contribution in [3.63, 3.8) is 0 Å². The molecular formula is C30H19CuN5Na4O19S5. The molecule has 323 valence electrons. The second-order valence-electron chi connectivity index (χ2n) is 11.7. The second kappa shape index (κ2) is 23.9. The van der Waals surface area contributed by atoms with Gasteiger partial charge in [-0.1, -0.05) is 29.4 Å². The van der Waals surface area contributed by atoms with Gasteiger partial charge in [0.2, 0.25) is 0 Å². The van der Waals surface area contributed by atoms with Crippen LogP contribution in [0, 0.1) is 0 Å². The van der Waals surface area contributed by atoms with Crippen molar-refractivity contribution < 1.29 is 220 Å². The van der Waals surface area contributed by atoms with Crippen LogP contribution in [0.1, 0.15) is 6.92 Å². The van der Waals surface area contributed by atoms with E-state index in [0.717, 1.165) is 31.2 Å². The molecule has 5 aromatic rings. The molecule has 0 fully saturated rings. The molecule has 64 heavy (non-hydrogen) atoms. The Kier molecular flexibility index (Phi) is 23.4. The van der Waals surface area contributed by atoms with E-state index in [0.29, 0.717) is 36.4 Å². The summed E-state index contributed by atoms with van der Waals surface area (Å²) in [5.74, 6) is -5.68. The van der Waals surface area contributed by atoms with Crippen LogP contribution in [-0.2, 0) is 71.8 Å². The smallest absolute Gasteiger partial charge is 0.871 e. The Balaban J connectivity index is 0.00000794. The monoisotopic (exact) mass is 1070 g/mol. The number of rotatable bonds is 13. The fourth-order valence-electron chi connectivity index (χ4n) is 5.14. The number of azo groups is 2. The summed E-state index contributed by atoms with van der Waals surface area (Å²) in [7, 11) is -25.6. The summed E-state index contributed by atoms with van der Waals surface area (Å²) < 4.78 is 166. The summed E-state index contributed by atoms with van der Waals surface area (Å²) in [4.78, 5) is -0.712. The van der Waals surface area contributed by atoms with Gasteiger partial charge >= 0.3 is 146 Å². The molecule has 0 aliphatic rings. The van der Waals surface area contributed by atoms with Crippen LogP contribution in [0.4, 0.5) is 28.4 Å². The SMILES string of the molecule is CC([O-])=Nc1cc(S(=O)(=O)[O-])cc2cc(S(=O)(=O)O)c(N=Nc3ccc4c([O-])c(N=Nc5cc(S(=O)(=O)CCOS(=O)(=O)O)ccc5[O-])c(S(=O)(=O)[O-])cc4c3)c([O-])c12.[Cu+2].[Na+].[Na+].[Na+].[Na+]. The molecule has 0 aliphatic heterocycles. The van der Waals surface area contributed by atoms with Gasteiger partial charge in [0.05, 0.1) is 55.5 Å². The van der Waals surface area contributed by atoms with Gasteiger partial charge in [0.25, 0.3) is 10.1 Å². The third kappa shape index (κ3) is 15.4. The third-order valence-corrected chi connectivity index (χ3v) is 12.3. The van der Waals surface area contributed by atoms with E-state index in [1.54, 1.807) is 0 Å². The zero-order valence-electron chi connectivity index (χ0n) is 33.1.